The van der Waals surface area contributed by atoms with Crippen molar-refractivity contribution < 1.29 is 8.42 Å². The zero-order valence-corrected chi connectivity index (χ0v) is 13.5. The van der Waals surface area contributed by atoms with Crippen molar-refractivity contribution in [1.82, 2.24) is 4.31 Å². The Morgan fingerprint density at radius 2 is 1.95 bits per heavy atom. The highest BCUT2D eigenvalue weighted by Crippen LogP contribution is 2.28. The number of anilines is 1. The van der Waals surface area contributed by atoms with Crippen LogP contribution in [-0.2, 0) is 16.4 Å². The van der Waals surface area contributed by atoms with Gasteiger partial charge in [0.25, 0.3) is 0 Å². The Kier molecular flexibility index (Phi) is 4.39. The van der Waals surface area contributed by atoms with Gasteiger partial charge in [-0.25, -0.2) is 8.42 Å². The van der Waals surface area contributed by atoms with Gasteiger partial charge in [-0.15, -0.1) is 0 Å². The second kappa shape index (κ2) is 5.74. The Morgan fingerprint density at radius 3 is 2.55 bits per heavy atom. The van der Waals surface area contributed by atoms with Gasteiger partial charge in [0.15, 0.2) is 0 Å². The third-order valence-corrected chi connectivity index (χ3v) is 5.56. The van der Waals surface area contributed by atoms with E-state index in [-0.39, 0.29) is 6.04 Å². The molecule has 0 bridgehead atoms. The lowest BCUT2D eigenvalue weighted by Crippen LogP contribution is -2.39. The summed E-state index contributed by atoms with van der Waals surface area (Å²) in [7, 11) is -3.42. The van der Waals surface area contributed by atoms with E-state index in [1.54, 1.807) is 16.4 Å². The molecule has 0 saturated heterocycles. The van der Waals surface area contributed by atoms with Crippen LogP contribution >= 0.6 is 0 Å². The van der Waals surface area contributed by atoms with E-state index in [1.165, 1.54) is 5.56 Å². The zero-order chi connectivity index (χ0) is 14.9. The number of hydrogen-bond donors (Lipinski definition) is 1. The van der Waals surface area contributed by atoms with E-state index < -0.39 is 10.0 Å². The smallest absolute Gasteiger partial charge is 0.243 e. The van der Waals surface area contributed by atoms with Crippen LogP contribution in [0, 0.1) is 5.92 Å². The molecule has 5 heteroatoms. The number of fused-ring (bicyclic) bond motifs is 1. The lowest BCUT2D eigenvalue weighted by Gasteiger charge is -2.27. The Hall–Kier alpha value is -1.07. The van der Waals surface area contributed by atoms with E-state index in [0.29, 0.717) is 17.4 Å². The van der Waals surface area contributed by atoms with Gasteiger partial charge in [-0.3, -0.25) is 0 Å². The topological polar surface area (TPSA) is 49.4 Å². The molecule has 1 aliphatic heterocycles. The van der Waals surface area contributed by atoms with E-state index in [1.807, 2.05) is 33.8 Å². The maximum absolute atomic E-state index is 12.8. The highest BCUT2D eigenvalue weighted by molar-refractivity contribution is 7.89. The van der Waals surface area contributed by atoms with E-state index in [0.717, 1.165) is 18.7 Å². The van der Waals surface area contributed by atoms with Crippen molar-refractivity contribution in [2.24, 2.45) is 5.92 Å². The van der Waals surface area contributed by atoms with Crippen LogP contribution < -0.4 is 5.32 Å². The van der Waals surface area contributed by atoms with Crippen molar-refractivity contribution in [1.29, 1.82) is 0 Å². The fraction of sp³-hybridized carbons (Fsp3) is 0.600. The minimum absolute atomic E-state index is 0.0383. The minimum Gasteiger partial charge on any atom is -0.384 e. The molecule has 0 fully saturated rings. The lowest BCUT2D eigenvalue weighted by atomic mass is 10.2. The molecule has 0 amide bonds. The molecule has 0 saturated carbocycles. The first-order valence-corrected chi connectivity index (χ1v) is 8.65. The number of sulfonamides is 1. The summed E-state index contributed by atoms with van der Waals surface area (Å²) >= 11 is 0. The molecule has 0 spiro atoms. The molecule has 20 heavy (non-hydrogen) atoms. The average Bonchev–Trinajstić information content (AvgIpc) is 2.82. The Labute approximate surface area is 122 Å². The summed E-state index contributed by atoms with van der Waals surface area (Å²) < 4.78 is 27.2. The van der Waals surface area contributed by atoms with Gasteiger partial charge >= 0.3 is 0 Å². The number of rotatable bonds is 5. The Balaban J connectivity index is 2.37. The van der Waals surface area contributed by atoms with Crippen molar-refractivity contribution in [2.75, 3.05) is 18.4 Å². The predicted molar refractivity (Wildman–Crippen MR) is 82.5 cm³/mol. The summed E-state index contributed by atoms with van der Waals surface area (Å²) in [5.41, 5.74) is 2.16. The molecule has 1 aromatic rings. The standard InChI is InChI=1S/C15H24N2O2S/c1-11(2)10-17(12(3)4)20(18,19)14-6-5-13-7-8-16-15(13)9-14/h5-6,9,11-12,16H,7-8,10H2,1-4H3. The molecule has 0 aromatic heterocycles. The highest BCUT2D eigenvalue weighted by atomic mass is 32.2. The Bertz CT molecular complexity index is 580. The first-order chi connectivity index (χ1) is 9.32. The molecule has 1 aliphatic rings. The van der Waals surface area contributed by atoms with Crippen LogP contribution in [0.1, 0.15) is 33.3 Å². The average molecular weight is 296 g/mol. The van der Waals surface area contributed by atoms with Crippen LogP contribution in [0.25, 0.3) is 0 Å². The molecule has 2 rings (SSSR count). The van der Waals surface area contributed by atoms with E-state index >= 15 is 0 Å². The van der Waals surface area contributed by atoms with Crippen LogP contribution in [0.2, 0.25) is 0 Å². The van der Waals surface area contributed by atoms with Crippen molar-refractivity contribution in [3.63, 3.8) is 0 Å². The van der Waals surface area contributed by atoms with E-state index in [4.69, 9.17) is 0 Å². The van der Waals surface area contributed by atoms with Gasteiger partial charge in [-0.1, -0.05) is 19.9 Å². The summed E-state index contributed by atoms with van der Waals surface area (Å²) in [4.78, 5) is 0.389. The van der Waals surface area contributed by atoms with Crippen molar-refractivity contribution in [2.45, 2.75) is 45.1 Å². The van der Waals surface area contributed by atoms with E-state index in [2.05, 4.69) is 5.32 Å². The fourth-order valence-corrected chi connectivity index (χ4v) is 4.34. The van der Waals surface area contributed by atoms with Gasteiger partial charge in [-0.05, 0) is 43.9 Å². The summed E-state index contributed by atoms with van der Waals surface area (Å²) in [6, 6.07) is 5.39. The summed E-state index contributed by atoms with van der Waals surface area (Å²) in [6.07, 6.45) is 0.968. The molecular weight excluding hydrogens is 272 g/mol. The third-order valence-electron chi connectivity index (χ3n) is 3.52. The first kappa shape index (κ1) is 15.3. The van der Waals surface area contributed by atoms with Crippen LogP contribution in [-0.4, -0.2) is 31.9 Å². The molecule has 112 valence electrons. The second-order valence-electron chi connectivity index (χ2n) is 6.06. The van der Waals surface area contributed by atoms with Crippen LogP contribution in [0.4, 0.5) is 5.69 Å². The van der Waals surface area contributed by atoms with Gasteiger partial charge in [0.1, 0.15) is 0 Å². The largest absolute Gasteiger partial charge is 0.384 e. The van der Waals surface area contributed by atoms with Gasteiger partial charge in [-0.2, -0.15) is 4.31 Å². The number of benzene rings is 1. The number of hydrogen-bond acceptors (Lipinski definition) is 3. The molecular formula is C15H24N2O2S. The summed E-state index contributed by atoms with van der Waals surface area (Å²) in [5.74, 6) is 0.305. The summed E-state index contributed by atoms with van der Waals surface area (Å²) in [6.45, 7) is 9.35. The van der Waals surface area contributed by atoms with Gasteiger partial charge in [0.05, 0.1) is 4.90 Å². The van der Waals surface area contributed by atoms with Gasteiger partial charge in [0.2, 0.25) is 10.0 Å². The monoisotopic (exact) mass is 296 g/mol. The highest BCUT2D eigenvalue weighted by Gasteiger charge is 2.28. The molecule has 1 N–H and O–H groups in total. The van der Waals surface area contributed by atoms with Crippen LogP contribution in [0.15, 0.2) is 23.1 Å². The third kappa shape index (κ3) is 2.99. The molecule has 0 atom stereocenters. The SMILES string of the molecule is CC(C)CN(C(C)C)S(=O)(=O)c1ccc2c(c1)NCC2. The quantitative estimate of drug-likeness (QED) is 0.909. The molecule has 1 heterocycles. The summed E-state index contributed by atoms with van der Waals surface area (Å²) in [5, 5.41) is 3.24. The zero-order valence-electron chi connectivity index (χ0n) is 12.7. The Morgan fingerprint density at radius 1 is 1.25 bits per heavy atom. The maximum atomic E-state index is 12.8. The fourth-order valence-electron chi connectivity index (χ4n) is 2.51. The van der Waals surface area contributed by atoms with Crippen LogP contribution in [0.3, 0.4) is 0 Å². The molecule has 0 radical (unpaired) electrons. The predicted octanol–water partition coefficient (Wildman–Crippen LogP) is 2.71. The van der Waals surface area contributed by atoms with Crippen molar-refractivity contribution in [3.8, 4) is 0 Å². The number of nitrogens with one attached hydrogen (secondary N) is 1. The molecule has 4 nitrogen and oxygen atoms in total. The van der Waals surface area contributed by atoms with Gasteiger partial charge in [0, 0.05) is 24.8 Å². The lowest BCUT2D eigenvalue weighted by molar-refractivity contribution is 0.319. The number of nitrogens with zero attached hydrogens (tertiary/aromatic N) is 1. The first-order valence-electron chi connectivity index (χ1n) is 7.21. The maximum Gasteiger partial charge on any atom is 0.243 e. The minimum atomic E-state index is -3.42. The van der Waals surface area contributed by atoms with Crippen LogP contribution in [0.5, 0.6) is 0 Å². The second-order valence-corrected chi connectivity index (χ2v) is 7.95. The van der Waals surface area contributed by atoms with E-state index in [9.17, 15) is 8.42 Å². The molecule has 0 unspecified atom stereocenters. The molecule has 0 aliphatic carbocycles. The normalized spacial score (nSPS) is 14.9. The molecule has 1 aromatic carbocycles. The van der Waals surface area contributed by atoms with Crippen molar-refractivity contribution in [3.05, 3.63) is 23.8 Å². The van der Waals surface area contributed by atoms with Crippen molar-refractivity contribution >= 4 is 15.7 Å². The van der Waals surface area contributed by atoms with Gasteiger partial charge < -0.3 is 5.32 Å².